The summed E-state index contributed by atoms with van der Waals surface area (Å²) in [7, 11) is 0. The normalized spacial score (nSPS) is 21.2. The minimum atomic E-state index is -1.26. The van der Waals surface area contributed by atoms with E-state index in [-0.39, 0.29) is 18.3 Å². The Labute approximate surface area is 128 Å². The predicted octanol–water partition coefficient (Wildman–Crippen LogP) is 1.76. The van der Waals surface area contributed by atoms with Gasteiger partial charge in [-0.2, -0.15) is 0 Å². The first kappa shape index (κ1) is 15.9. The second-order valence-corrected chi connectivity index (χ2v) is 6.31. The molecular formula is C15H19NO4S. The maximum atomic E-state index is 12.0. The maximum absolute atomic E-state index is 12.0. The van der Waals surface area contributed by atoms with Crippen LogP contribution in [0.3, 0.4) is 0 Å². The van der Waals surface area contributed by atoms with E-state index in [1.54, 1.807) is 0 Å². The van der Waals surface area contributed by atoms with Crippen molar-refractivity contribution in [3.05, 3.63) is 29.3 Å². The molecule has 1 amide bonds. The molecule has 5 nitrogen and oxygen atoms in total. The molecule has 0 aliphatic carbocycles. The monoisotopic (exact) mass is 309 g/mol. The van der Waals surface area contributed by atoms with Crippen molar-refractivity contribution in [3.8, 4) is 0 Å². The number of hydrogen-bond donors (Lipinski definition) is 2. The number of carbonyl (C=O) groups is 2. The molecule has 1 aromatic rings. The quantitative estimate of drug-likeness (QED) is 0.811. The molecule has 0 aromatic heterocycles. The smallest absolute Gasteiger partial charge is 0.331 e. The van der Waals surface area contributed by atoms with Crippen LogP contribution < -0.4 is 5.32 Å². The predicted molar refractivity (Wildman–Crippen MR) is 80.6 cm³/mol. The Morgan fingerprint density at radius 3 is 2.76 bits per heavy atom. The van der Waals surface area contributed by atoms with Crippen LogP contribution in [0.2, 0.25) is 0 Å². The van der Waals surface area contributed by atoms with Gasteiger partial charge in [-0.15, -0.1) is 11.8 Å². The van der Waals surface area contributed by atoms with E-state index < -0.39 is 11.5 Å². The lowest BCUT2D eigenvalue weighted by Gasteiger charge is -2.23. The summed E-state index contributed by atoms with van der Waals surface area (Å²) in [5, 5.41) is 11.9. The number of carboxylic acids is 1. The van der Waals surface area contributed by atoms with Crippen molar-refractivity contribution < 1.29 is 19.4 Å². The van der Waals surface area contributed by atoms with Gasteiger partial charge in [-0.05, 0) is 25.5 Å². The molecule has 0 bridgehead atoms. The minimum Gasteiger partial charge on any atom is -0.479 e. The summed E-state index contributed by atoms with van der Waals surface area (Å²) in [6, 6.07) is 6.04. The Morgan fingerprint density at radius 2 is 2.19 bits per heavy atom. The number of ether oxygens (including phenoxy) is 1. The highest BCUT2D eigenvalue weighted by atomic mass is 32.2. The molecule has 1 aliphatic rings. The molecule has 0 spiro atoms. The first-order chi connectivity index (χ1) is 9.93. The molecule has 0 radical (unpaired) electrons. The van der Waals surface area contributed by atoms with Gasteiger partial charge in [-0.25, -0.2) is 4.79 Å². The van der Waals surface area contributed by atoms with Crippen molar-refractivity contribution in [2.75, 3.05) is 19.0 Å². The van der Waals surface area contributed by atoms with Gasteiger partial charge in [0.05, 0.1) is 12.4 Å². The number of amides is 1. The molecule has 1 unspecified atom stereocenters. The van der Waals surface area contributed by atoms with Crippen LogP contribution in [0.4, 0.5) is 0 Å². The zero-order valence-electron chi connectivity index (χ0n) is 12.1. The summed E-state index contributed by atoms with van der Waals surface area (Å²) in [6.07, 6.45) is 0.308. The lowest BCUT2D eigenvalue weighted by atomic mass is 9.99. The Bertz CT molecular complexity index is 553. The van der Waals surface area contributed by atoms with Gasteiger partial charge in [0.15, 0.2) is 5.54 Å². The van der Waals surface area contributed by atoms with Gasteiger partial charge in [0.25, 0.3) is 0 Å². The Balaban J connectivity index is 1.94. The molecule has 1 fully saturated rings. The van der Waals surface area contributed by atoms with Crippen molar-refractivity contribution in [1.82, 2.24) is 5.32 Å². The van der Waals surface area contributed by atoms with Crippen LogP contribution in [-0.4, -0.2) is 41.5 Å². The van der Waals surface area contributed by atoms with Crippen LogP contribution in [0.5, 0.6) is 0 Å². The van der Waals surface area contributed by atoms with Crippen LogP contribution in [0.15, 0.2) is 23.1 Å². The SMILES string of the molecule is Cc1ccc(SCC(=O)NC2(C(=O)O)CCOC2)c(C)c1. The van der Waals surface area contributed by atoms with Crippen molar-refractivity contribution in [2.24, 2.45) is 0 Å². The topological polar surface area (TPSA) is 75.6 Å². The number of aryl methyl sites for hydroxylation is 2. The summed E-state index contributed by atoms with van der Waals surface area (Å²) in [5.41, 5.74) is 1.03. The van der Waals surface area contributed by atoms with Crippen molar-refractivity contribution in [3.63, 3.8) is 0 Å². The largest absolute Gasteiger partial charge is 0.479 e. The number of hydrogen-bond acceptors (Lipinski definition) is 4. The van der Waals surface area contributed by atoms with Gasteiger partial charge < -0.3 is 15.2 Å². The number of nitrogens with one attached hydrogen (secondary N) is 1. The molecule has 1 atom stereocenters. The molecule has 21 heavy (non-hydrogen) atoms. The van der Waals surface area contributed by atoms with Crippen LogP contribution in [-0.2, 0) is 14.3 Å². The molecule has 114 valence electrons. The minimum absolute atomic E-state index is 0.0301. The zero-order valence-corrected chi connectivity index (χ0v) is 13.0. The van der Waals surface area contributed by atoms with E-state index in [0.717, 1.165) is 10.5 Å². The average molecular weight is 309 g/mol. The van der Waals surface area contributed by atoms with Gasteiger partial charge in [0, 0.05) is 17.9 Å². The van der Waals surface area contributed by atoms with Gasteiger partial charge in [0.2, 0.25) is 5.91 Å². The lowest BCUT2D eigenvalue weighted by molar-refractivity contribution is -0.147. The van der Waals surface area contributed by atoms with Crippen molar-refractivity contribution in [2.45, 2.75) is 30.7 Å². The fraction of sp³-hybridized carbons (Fsp3) is 0.467. The second-order valence-electron chi connectivity index (χ2n) is 5.30. The third kappa shape index (κ3) is 3.77. The van der Waals surface area contributed by atoms with Gasteiger partial charge in [0.1, 0.15) is 0 Å². The van der Waals surface area contributed by atoms with Crippen molar-refractivity contribution >= 4 is 23.6 Å². The van der Waals surface area contributed by atoms with Crippen molar-refractivity contribution in [1.29, 1.82) is 0 Å². The highest BCUT2D eigenvalue weighted by Gasteiger charge is 2.43. The van der Waals surface area contributed by atoms with Gasteiger partial charge in [-0.3, -0.25) is 4.79 Å². The lowest BCUT2D eigenvalue weighted by Crippen LogP contribution is -2.55. The zero-order chi connectivity index (χ0) is 15.5. The average Bonchev–Trinajstić information content (AvgIpc) is 2.87. The van der Waals surface area contributed by atoms with Gasteiger partial charge in [-0.1, -0.05) is 17.7 Å². The number of rotatable bonds is 5. The van der Waals surface area contributed by atoms with Gasteiger partial charge >= 0.3 is 5.97 Å². The summed E-state index contributed by atoms with van der Waals surface area (Å²) in [5.74, 6) is -1.13. The number of aliphatic carboxylic acids is 1. The first-order valence-corrected chi connectivity index (χ1v) is 7.74. The van der Waals surface area contributed by atoms with Crippen LogP contribution in [0.1, 0.15) is 17.5 Å². The van der Waals surface area contributed by atoms with Crippen LogP contribution in [0.25, 0.3) is 0 Å². The Hall–Kier alpha value is -1.53. The molecule has 1 aromatic carbocycles. The summed E-state index contributed by atoms with van der Waals surface area (Å²) >= 11 is 1.41. The van der Waals surface area contributed by atoms with Crippen LogP contribution in [0, 0.1) is 13.8 Å². The Kier molecular flexibility index (Phi) is 4.90. The second kappa shape index (κ2) is 6.49. The van der Waals surface area contributed by atoms with Crippen LogP contribution >= 0.6 is 11.8 Å². The highest BCUT2D eigenvalue weighted by Crippen LogP contribution is 2.24. The Morgan fingerprint density at radius 1 is 1.43 bits per heavy atom. The van der Waals surface area contributed by atoms with E-state index in [2.05, 4.69) is 11.4 Å². The molecule has 1 saturated heterocycles. The fourth-order valence-corrected chi connectivity index (χ4v) is 3.10. The summed E-state index contributed by atoms with van der Waals surface area (Å²) < 4.78 is 5.12. The molecule has 1 aliphatic heterocycles. The maximum Gasteiger partial charge on any atom is 0.331 e. The molecule has 6 heteroatoms. The first-order valence-electron chi connectivity index (χ1n) is 6.75. The van der Waals surface area contributed by atoms with E-state index in [0.29, 0.717) is 13.0 Å². The number of carboxylic acid groups (broad SMARTS) is 1. The molecule has 1 heterocycles. The molecule has 2 N–H and O–H groups in total. The molecular weight excluding hydrogens is 290 g/mol. The highest BCUT2D eigenvalue weighted by molar-refractivity contribution is 8.00. The fourth-order valence-electron chi connectivity index (χ4n) is 2.29. The van der Waals surface area contributed by atoms with E-state index in [4.69, 9.17) is 4.74 Å². The number of carbonyl (C=O) groups excluding carboxylic acids is 1. The number of benzene rings is 1. The van der Waals surface area contributed by atoms with E-state index >= 15 is 0 Å². The van der Waals surface area contributed by atoms with E-state index in [9.17, 15) is 14.7 Å². The standard InChI is InChI=1S/C15H19NO4S/c1-10-3-4-12(11(2)7-10)21-8-13(17)16-15(14(18)19)5-6-20-9-15/h3-4,7H,5-6,8-9H2,1-2H3,(H,16,17)(H,18,19). The molecule has 0 saturated carbocycles. The third-order valence-corrected chi connectivity index (χ3v) is 4.67. The summed E-state index contributed by atoms with van der Waals surface area (Å²) in [4.78, 5) is 24.4. The van der Waals surface area contributed by atoms with E-state index in [1.807, 2.05) is 26.0 Å². The summed E-state index contributed by atoms with van der Waals surface area (Å²) in [6.45, 7) is 4.40. The van der Waals surface area contributed by atoms with E-state index in [1.165, 1.54) is 17.3 Å². The third-order valence-electron chi connectivity index (χ3n) is 3.50. The number of thioether (sulfide) groups is 1. The molecule has 2 rings (SSSR count).